The Kier molecular flexibility index (Phi) is 9.64. The van der Waals surface area contributed by atoms with Crippen LogP contribution < -0.4 is 5.32 Å². The predicted octanol–water partition coefficient (Wildman–Crippen LogP) is 8.73. The summed E-state index contributed by atoms with van der Waals surface area (Å²) >= 11 is 0. The average molecular weight is 546 g/mol. The molecule has 1 saturated heterocycles. The van der Waals surface area contributed by atoms with Gasteiger partial charge < -0.3 is 10.1 Å². The van der Waals surface area contributed by atoms with Gasteiger partial charge in [-0.3, -0.25) is 4.79 Å². The molecule has 3 nitrogen and oxygen atoms in total. The van der Waals surface area contributed by atoms with Gasteiger partial charge in [0.05, 0.1) is 6.10 Å². The maximum atomic E-state index is 10.8. The molecule has 1 heterocycles. The van der Waals surface area contributed by atoms with Crippen molar-refractivity contribution in [3.05, 3.63) is 76.9 Å². The van der Waals surface area contributed by atoms with Crippen LogP contribution in [0.15, 0.2) is 49.0 Å². The molecular weight excluding hydrogens is 490 g/mol. The van der Waals surface area contributed by atoms with Crippen LogP contribution in [-0.2, 0) is 24.0 Å². The summed E-state index contributed by atoms with van der Waals surface area (Å²) in [5.41, 5.74) is 7.39. The van der Waals surface area contributed by atoms with Crippen LogP contribution >= 0.6 is 0 Å². The number of ketones is 1. The lowest BCUT2D eigenvalue weighted by Gasteiger charge is -2.22. The molecule has 0 aromatic heterocycles. The molecule has 2 aromatic rings. The molecule has 3 heteroatoms. The van der Waals surface area contributed by atoms with Crippen LogP contribution in [0.4, 0.5) is 0 Å². The third kappa shape index (κ3) is 6.80. The fraction of sp³-hybridized carbons (Fsp3) is 0.595. The zero-order valence-corrected chi connectivity index (χ0v) is 25.2. The van der Waals surface area contributed by atoms with Crippen molar-refractivity contribution in [2.24, 2.45) is 23.2 Å². The summed E-state index contributed by atoms with van der Waals surface area (Å²) in [4.78, 5) is 10.8. The average Bonchev–Trinajstić information content (AvgIpc) is 3.77. The standard InChI is InChI=1S/C21H29N.C10H10O.C6H12O.2H2/c1-14-5-7-17-12-15(6-8-16(17)11-14)9-10-22-20-19-4-2-3-18-13-21(18,19)20;1-3-9-4-6-10(7-5-9)8(2)11;1-2-6-4-3-5-7-6;;/h6,8,12,14,18-20,22H,2-5,7,9-11,13H2,1H3;3-7H,1H2,2H3;6H,2-5H2,1H3;2*1H/t14-,18+,19-,20-,21?;;6-;;/m0.1../s1. The normalized spacial score (nSPS) is 30.7. The monoisotopic (exact) mass is 545 g/mol. The van der Waals surface area contributed by atoms with Crippen LogP contribution in [0, 0.1) is 23.2 Å². The molecule has 1 N–H and O–H groups in total. The number of carbonyl (C=O) groups is 1. The van der Waals surface area contributed by atoms with E-state index in [2.05, 4.69) is 43.9 Å². The Morgan fingerprint density at radius 1 is 1.10 bits per heavy atom. The summed E-state index contributed by atoms with van der Waals surface area (Å²) in [6.45, 7) is 11.9. The lowest BCUT2D eigenvalue weighted by molar-refractivity contribution is 0.101. The number of fused-ring (bicyclic) bond motifs is 1. The van der Waals surface area contributed by atoms with Crippen LogP contribution in [0.2, 0.25) is 0 Å². The van der Waals surface area contributed by atoms with Crippen LogP contribution in [-0.4, -0.2) is 31.1 Å². The number of benzene rings is 2. The smallest absolute Gasteiger partial charge is 0.159 e. The minimum Gasteiger partial charge on any atom is -0.378 e. The number of ether oxygens (including phenoxy) is 1. The number of hydrogen-bond acceptors (Lipinski definition) is 3. The SMILES string of the molecule is C=Cc1ccc(C(C)=O)cc1.CC[C@@H]1CCCO1.C[C@H]1CCc2cc(CCN[C@H]3[C@@H]4CCC[C@@H]5CC543)ccc2C1.[HH].[HH]. The molecule has 4 fully saturated rings. The Morgan fingerprint density at radius 2 is 1.93 bits per heavy atom. The number of aryl methyl sites for hydroxylation is 1. The molecule has 1 unspecified atom stereocenters. The van der Waals surface area contributed by atoms with E-state index in [1.54, 1.807) is 48.2 Å². The molecule has 0 amide bonds. The Morgan fingerprint density at radius 3 is 2.58 bits per heavy atom. The summed E-state index contributed by atoms with van der Waals surface area (Å²) in [5, 5.41) is 3.92. The molecule has 1 aliphatic heterocycles. The van der Waals surface area contributed by atoms with Gasteiger partial charge in [0.1, 0.15) is 0 Å². The van der Waals surface area contributed by atoms with Crippen molar-refractivity contribution in [2.45, 2.75) is 104 Å². The highest BCUT2D eigenvalue weighted by Crippen LogP contribution is 2.79. The van der Waals surface area contributed by atoms with Gasteiger partial charge >= 0.3 is 0 Å². The lowest BCUT2D eigenvalue weighted by atomic mass is 9.84. The number of hydrogen-bond donors (Lipinski definition) is 1. The largest absolute Gasteiger partial charge is 0.378 e. The second-order valence-electron chi connectivity index (χ2n) is 13.1. The van der Waals surface area contributed by atoms with Gasteiger partial charge in [-0.05, 0) is 123 Å². The molecule has 2 aromatic carbocycles. The zero-order valence-electron chi connectivity index (χ0n) is 25.2. The van der Waals surface area contributed by atoms with E-state index < -0.39 is 0 Å². The van der Waals surface area contributed by atoms with Gasteiger partial charge in [0.25, 0.3) is 0 Å². The van der Waals surface area contributed by atoms with Crippen molar-refractivity contribution in [1.29, 1.82) is 0 Å². The van der Waals surface area contributed by atoms with E-state index in [9.17, 15) is 4.79 Å². The molecule has 0 radical (unpaired) electrons. The third-order valence-corrected chi connectivity index (χ3v) is 10.4. The van der Waals surface area contributed by atoms with Crippen molar-refractivity contribution < 1.29 is 12.4 Å². The second kappa shape index (κ2) is 13.2. The molecule has 40 heavy (non-hydrogen) atoms. The van der Waals surface area contributed by atoms with E-state index in [1.807, 2.05) is 12.1 Å². The first-order chi connectivity index (χ1) is 19.4. The van der Waals surface area contributed by atoms with E-state index >= 15 is 0 Å². The summed E-state index contributed by atoms with van der Waals surface area (Å²) in [5.74, 6) is 3.13. The Labute approximate surface area is 246 Å². The molecule has 3 saturated carbocycles. The third-order valence-electron chi connectivity index (χ3n) is 10.4. The van der Waals surface area contributed by atoms with Crippen molar-refractivity contribution >= 4 is 11.9 Å². The molecule has 5 aliphatic rings. The van der Waals surface area contributed by atoms with Gasteiger partial charge in [-0.1, -0.05) is 75.4 Å². The summed E-state index contributed by atoms with van der Waals surface area (Å²) < 4.78 is 5.30. The maximum absolute atomic E-state index is 10.8. The topological polar surface area (TPSA) is 38.3 Å². The fourth-order valence-corrected chi connectivity index (χ4v) is 7.80. The maximum Gasteiger partial charge on any atom is 0.159 e. The number of Topliss-reactive ketones (excluding diaryl/α,β-unsaturated/α-hetero) is 1. The highest BCUT2D eigenvalue weighted by Gasteiger charge is 2.77. The van der Waals surface area contributed by atoms with Gasteiger partial charge in [0.15, 0.2) is 5.78 Å². The Bertz CT molecular complexity index is 1160. The number of rotatable bonds is 7. The Balaban J connectivity index is 0.000000204. The minimum absolute atomic E-state index is 0. The second-order valence-corrected chi connectivity index (χ2v) is 13.1. The predicted molar refractivity (Wildman–Crippen MR) is 171 cm³/mol. The van der Waals surface area contributed by atoms with Crippen molar-refractivity contribution in [1.82, 2.24) is 5.32 Å². The highest BCUT2D eigenvalue weighted by atomic mass is 16.5. The van der Waals surface area contributed by atoms with E-state index in [1.165, 1.54) is 70.8 Å². The van der Waals surface area contributed by atoms with Crippen molar-refractivity contribution in [2.75, 3.05) is 13.2 Å². The van der Waals surface area contributed by atoms with E-state index in [0.717, 1.165) is 46.9 Å². The first kappa shape index (κ1) is 29.3. The van der Waals surface area contributed by atoms with Crippen molar-refractivity contribution in [3.8, 4) is 0 Å². The molecule has 4 aliphatic carbocycles. The quantitative estimate of drug-likeness (QED) is 0.354. The molecular formula is C37H55NO2. The van der Waals surface area contributed by atoms with Crippen LogP contribution in [0.3, 0.4) is 0 Å². The van der Waals surface area contributed by atoms with Crippen LogP contribution in [0.1, 0.15) is 108 Å². The molecule has 1 spiro atoms. The summed E-state index contributed by atoms with van der Waals surface area (Å²) in [7, 11) is 0. The van der Waals surface area contributed by atoms with Gasteiger partial charge in [-0.15, -0.1) is 0 Å². The fourth-order valence-electron chi connectivity index (χ4n) is 7.80. The molecule has 220 valence electrons. The first-order valence-corrected chi connectivity index (χ1v) is 16.1. The number of carbonyl (C=O) groups excluding carboxylic acids is 1. The van der Waals surface area contributed by atoms with E-state index in [4.69, 9.17) is 4.74 Å². The molecule has 0 bridgehead atoms. The Hall–Kier alpha value is -2.23. The molecule has 7 rings (SSSR count). The van der Waals surface area contributed by atoms with Gasteiger partial charge in [-0.2, -0.15) is 0 Å². The molecule has 6 atom stereocenters. The summed E-state index contributed by atoms with van der Waals surface area (Å²) in [6, 6.07) is 15.6. The van der Waals surface area contributed by atoms with Gasteiger partial charge in [0.2, 0.25) is 0 Å². The van der Waals surface area contributed by atoms with E-state index in [0.29, 0.717) is 6.10 Å². The van der Waals surface area contributed by atoms with Crippen LogP contribution in [0.5, 0.6) is 0 Å². The zero-order chi connectivity index (χ0) is 28.1. The van der Waals surface area contributed by atoms with Crippen molar-refractivity contribution in [3.63, 3.8) is 0 Å². The summed E-state index contributed by atoms with van der Waals surface area (Å²) in [6.07, 6.45) is 17.4. The van der Waals surface area contributed by atoms with Crippen LogP contribution in [0.25, 0.3) is 6.08 Å². The van der Waals surface area contributed by atoms with E-state index in [-0.39, 0.29) is 8.64 Å². The lowest BCUT2D eigenvalue weighted by Crippen LogP contribution is -2.23. The number of nitrogens with one attached hydrogen (secondary N) is 1. The first-order valence-electron chi connectivity index (χ1n) is 16.1. The highest BCUT2D eigenvalue weighted by molar-refractivity contribution is 5.94. The minimum atomic E-state index is 0. The van der Waals surface area contributed by atoms with Gasteiger partial charge in [0, 0.05) is 21.1 Å². The van der Waals surface area contributed by atoms with Gasteiger partial charge in [-0.25, -0.2) is 0 Å².